The minimum absolute atomic E-state index is 0.107. The highest BCUT2D eigenvalue weighted by Crippen LogP contribution is 2.40. The van der Waals surface area contributed by atoms with Gasteiger partial charge in [0.25, 0.3) is 0 Å². The van der Waals surface area contributed by atoms with Gasteiger partial charge in [0.1, 0.15) is 0 Å². The van der Waals surface area contributed by atoms with Gasteiger partial charge in [-0.1, -0.05) is 13.8 Å². The molecule has 1 aliphatic heterocycles. The number of carbonyl (C=O) groups excluding carboxylic acids is 1. The fourth-order valence-corrected chi connectivity index (χ4v) is 4.05. The van der Waals surface area contributed by atoms with Crippen molar-refractivity contribution in [2.75, 3.05) is 31.5 Å². The van der Waals surface area contributed by atoms with E-state index in [4.69, 9.17) is 0 Å². The summed E-state index contributed by atoms with van der Waals surface area (Å²) in [5.41, 5.74) is 1.49. The maximum Gasteiger partial charge on any atom is 0.240 e. The smallest absolute Gasteiger partial charge is 0.240 e. The van der Waals surface area contributed by atoms with Crippen molar-refractivity contribution in [3.63, 3.8) is 0 Å². The van der Waals surface area contributed by atoms with Gasteiger partial charge in [-0.15, -0.1) is 0 Å². The van der Waals surface area contributed by atoms with Gasteiger partial charge in [0.15, 0.2) is 0 Å². The van der Waals surface area contributed by atoms with E-state index in [0.29, 0.717) is 13.1 Å². The van der Waals surface area contributed by atoms with Gasteiger partial charge in [0.05, 0.1) is 10.3 Å². The molecule has 1 aliphatic rings. The lowest BCUT2D eigenvalue weighted by Gasteiger charge is -2.19. The van der Waals surface area contributed by atoms with Gasteiger partial charge in [0, 0.05) is 18.8 Å². The lowest BCUT2D eigenvalue weighted by atomic mass is 9.85. The van der Waals surface area contributed by atoms with Gasteiger partial charge in [0.2, 0.25) is 15.9 Å². The summed E-state index contributed by atoms with van der Waals surface area (Å²) in [5, 5.41) is 2.85. The van der Waals surface area contributed by atoms with Crippen molar-refractivity contribution in [1.82, 2.24) is 9.62 Å². The van der Waals surface area contributed by atoms with Crippen LogP contribution in [0.15, 0.2) is 17.0 Å². The quantitative estimate of drug-likeness (QED) is 0.784. The molecule has 0 saturated heterocycles. The molecule has 7 heteroatoms. The van der Waals surface area contributed by atoms with Gasteiger partial charge in [-0.25, -0.2) is 13.1 Å². The van der Waals surface area contributed by atoms with Crippen LogP contribution in [-0.4, -0.2) is 45.4 Å². The maximum atomic E-state index is 12.6. The third-order valence-electron chi connectivity index (χ3n) is 4.71. The summed E-state index contributed by atoms with van der Waals surface area (Å²) in [5.74, 6) is -0.107. The molecule has 0 radical (unpaired) electrons. The van der Waals surface area contributed by atoms with Gasteiger partial charge >= 0.3 is 0 Å². The number of anilines is 1. The molecule has 1 heterocycles. The Morgan fingerprint density at radius 3 is 2.42 bits per heavy atom. The van der Waals surface area contributed by atoms with Crippen molar-refractivity contribution in [2.24, 2.45) is 0 Å². The van der Waals surface area contributed by atoms with Crippen LogP contribution in [-0.2, 0) is 20.2 Å². The van der Waals surface area contributed by atoms with Crippen LogP contribution >= 0.6 is 0 Å². The number of hydrogen-bond acceptors (Lipinski definition) is 4. The highest BCUT2D eigenvalue weighted by molar-refractivity contribution is 7.89. The number of carbonyl (C=O) groups is 1. The Morgan fingerprint density at radius 2 is 1.83 bits per heavy atom. The Labute approximate surface area is 144 Å². The third-order valence-corrected chi connectivity index (χ3v) is 6.15. The van der Waals surface area contributed by atoms with E-state index < -0.39 is 15.4 Å². The molecule has 24 heavy (non-hydrogen) atoms. The Morgan fingerprint density at radius 1 is 1.21 bits per heavy atom. The number of nitrogens with zero attached hydrogens (tertiary/aromatic N) is 1. The second-order valence-electron chi connectivity index (χ2n) is 6.67. The molecule has 0 unspecified atom stereocenters. The van der Waals surface area contributed by atoms with Crippen LogP contribution in [0.5, 0.6) is 0 Å². The number of sulfonamides is 1. The van der Waals surface area contributed by atoms with Crippen molar-refractivity contribution in [1.29, 1.82) is 0 Å². The molecule has 1 aromatic carbocycles. The lowest BCUT2D eigenvalue weighted by molar-refractivity contribution is -0.119. The SMILES string of the molecule is CCN(CC)CCNS(=O)(=O)c1cc(C)c2c(c1)C(C)(C)C(=O)N2. The van der Waals surface area contributed by atoms with E-state index in [9.17, 15) is 13.2 Å². The topological polar surface area (TPSA) is 78.5 Å². The third kappa shape index (κ3) is 3.48. The van der Waals surface area contributed by atoms with Crippen LogP contribution in [0.4, 0.5) is 5.69 Å². The van der Waals surface area contributed by atoms with Crippen molar-refractivity contribution < 1.29 is 13.2 Å². The second kappa shape index (κ2) is 6.82. The van der Waals surface area contributed by atoms with E-state index >= 15 is 0 Å². The monoisotopic (exact) mass is 353 g/mol. The Balaban J connectivity index is 2.25. The van der Waals surface area contributed by atoms with Crippen molar-refractivity contribution >= 4 is 21.6 Å². The molecule has 1 amide bonds. The molecule has 0 spiro atoms. The molecule has 0 aromatic heterocycles. The minimum Gasteiger partial charge on any atom is -0.325 e. The van der Waals surface area contributed by atoms with Gasteiger partial charge < -0.3 is 10.2 Å². The first-order valence-electron chi connectivity index (χ1n) is 8.32. The zero-order chi connectivity index (χ0) is 18.1. The first-order chi connectivity index (χ1) is 11.1. The predicted octanol–water partition coefficient (Wildman–Crippen LogP) is 1.84. The van der Waals surface area contributed by atoms with Crippen LogP contribution in [0.25, 0.3) is 0 Å². The molecular formula is C17H27N3O3S. The van der Waals surface area contributed by atoms with E-state index in [1.807, 2.05) is 20.8 Å². The van der Waals surface area contributed by atoms with Crippen LogP contribution in [0, 0.1) is 6.92 Å². The fourth-order valence-electron chi connectivity index (χ4n) is 2.92. The number of fused-ring (bicyclic) bond motifs is 1. The number of aryl methyl sites for hydroxylation is 1. The number of nitrogens with one attached hydrogen (secondary N) is 2. The molecule has 134 valence electrons. The summed E-state index contributed by atoms with van der Waals surface area (Å²) in [4.78, 5) is 14.5. The van der Waals surface area contributed by atoms with E-state index in [0.717, 1.165) is 29.9 Å². The summed E-state index contributed by atoms with van der Waals surface area (Å²) in [6.07, 6.45) is 0. The highest BCUT2D eigenvalue weighted by Gasteiger charge is 2.40. The van der Waals surface area contributed by atoms with Gasteiger partial charge in [-0.3, -0.25) is 4.79 Å². The summed E-state index contributed by atoms with van der Waals surface area (Å²) >= 11 is 0. The van der Waals surface area contributed by atoms with Crippen LogP contribution < -0.4 is 10.0 Å². The lowest BCUT2D eigenvalue weighted by Crippen LogP contribution is -2.35. The minimum atomic E-state index is -3.60. The maximum absolute atomic E-state index is 12.6. The number of likely N-dealkylation sites (N-methyl/N-ethyl adjacent to an activating group) is 1. The zero-order valence-electron chi connectivity index (χ0n) is 15.1. The number of rotatable bonds is 7. The molecule has 6 nitrogen and oxygen atoms in total. The standard InChI is InChI=1S/C17H27N3O3S/c1-6-20(7-2)9-8-18-24(22,23)13-10-12(3)15-14(11-13)17(4,5)16(21)19-15/h10-11,18H,6-9H2,1-5H3,(H,19,21). The second-order valence-corrected chi connectivity index (χ2v) is 8.43. The van der Waals surface area contributed by atoms with Crippen LogP contribution in [0.3, 0.4) is 0 Å². The summed E-state index contributed by atoms with van der Waals surface area (Å²) in [6.45, 7) is 12.3. The first kappa shape index (κ1) is 18.9. The van der Waals surface area contributed by atoms with E-state index in [-0.39, 0.29) is 10.8 Å². The molecule has 2 N–H and O–H groups in total. The van der Waals surface area contributed by atoms with Gasteiger partial charge in [-0.2, -0.15) is 0 Å². The molecular weight excluding hydrogens is 326 g/mol. The van der Waals surface area contributed by atoms with E-state index in [1.54, 1.807) is 26.0 Å². The molecule has 2 rings (SSSR count). The van der Waals surface area contributed by atoms with E-state index in [1.165, 1.54) is 0 Å². The number of hydrogen-bond donors (Lipinski definition) is 2. The van der Waals surface area contributed by atoms with E-state index in [2.05, 4.69) is 14.9 Å². The fraction of sp³-hybridized carbons (Fsp3) is 0.588. The Kier molecular flexibility index (Phi) is 5.37. The normalized spacial score (nSPS) is 16.3. The largest absolute Gasteiger partial charge is 0.325 e. The molecule has 0 bridgehead atoms. The van der Waals surface area contributed by atoms with Crippen molar-refractivity contribution in [2.45, 2.75) is 44.9 Å². The first-order valence-corrected chi connectivity index (χ1v) is 9.80. The molecule has 0 saturated carbocycles. The average Bonchev–Trinajstić information content (AvgIpc) is 2.75. The van der Waals surface area contributed by atoms with Crippen LogP contribution in [0.1, 0.15) is 38.8 Å². The molecule has 0 aliphatic carbocycles. The molecule has 0 fully saturated rings. The Bertz CT molecular complexity index is 738. The Hall–Kier alpha value is -1.44. The number of amides is 1. The number of benzene rings is 1. The van der Waals surface area contributed by atoms with Gasteiger partial charge in [-0.05, 0) is 57.1 Å². The highest BCUT2D eigenvalue weighted by atomic mass is 32.2. The molecule has 0 atom stereocenters. The summed E-state index contributed by atoms with van der Waals surface area (Å²) < 4.78 is 27.9. The van der Waals surface area contributed by atoms with Crippen LogP contribution in [0.2, 0.25) is 0 Å². The zero-order valence-corrected chi connectivity index (χ0v) is 15.9. The summed E-state index contributed by atoms with van der Waals surface area (Å²) in [6, 6.07) is 3.22. The summed E-state index contributed by atoms with van der Waals surface area (Å²) in [7, 11) is -3.60. The van der Waals surface area contributed by atoms with Crippen molar-refractivity contribution in [3.05, 3.63) is 23.3 Å². The predicted molar refractivity (Wildman–Crippen MR) is 95.8 cm³/mol. The molecule has 1 aromatic rings. The van der Waals surface area contributed by atoms with Crippen molar-refractivity contribution in [3.8, 4) is 0 Å². The average molecular weight is 353 g/mol.